The molecule has 0 aliphatic heterocycles. The van der Waals surface area contributed by atoms with Gasteiger partial charge in [0.1, 0.15) is 0 Å². The molecule has 2 aliphatic carbocycles. The summed E-state index contributed by atoms with van der Waals surface area (Å²) in [5.41, 5.74) is 5.43. The van der Waals surface area contributed by atoms with Crippen LogP contribution < -0.4 is 5.73 Å². The van der Waals surface area contributed by atoms with E-state index in [1.807, 2.05) is 0 Å². The molecule has 1 amide bonds. The minimum Gasteiger partial charge on any atom is -0.381 e. The number of anilines is 1. The molecule has 3 rings (SSSR count). The zero-order valence-corrected chi connectivity index (χ0v) is 11.7. The second kappa shape index (κ2) is 5.04. The van der Waals surface area contributed by atoms with Gasteiger partial charge in [-0.3, -0.25) is 4.79 Å². The molecule has 2 saturated carbocycles. The fourth-order valence-electron chi connectivity index (χ4n) is 3.87. The van der Waals surface area contributed by atoms with E-state index in [-0.39, 0.29) is 17.3 Å². The monoisotopic (exact) mass is 277 g/mol. The molecule has 108 valence electrons. The van der Waals surface area contributed by atoms with Gasteiger partial charge in [0.05, 0.1) is 5.56 Å². The Morgan fingerprint density at radius 1 is 1.50 bits per heavy atom. The number of fused-ring (bicyclic) bond motifs is 2. The van der Waals surface area contributed by atoms with Crippen molar-refractivity contribution < 1.29 is 9.18 Å². The van der Waals surface area contributed by atoms with Crippen molar-refractivity contribution in [2.24, 2.45) is 17.8 Å². The fraction of sp³-hybridized carbons (Fsp3) is 0.600. The van der Waals surface area contributed by atoms with Crippen LogP contribution in [0, 0.1) is 23.6 Å². The highest BCUT2D eigenvalue weighted by atomic mass is 19.1. The molecule has 0 saturated heterocycles. The number of halogens is 1. The summed E-state index contributed by atoms with van der Waals surface area (Å²) in [6.45, 7) is 0.710. The van der Waals surface area contributed by atoms with Crippen LogP contribution in [0.15, 0.2) is 12.3 Å². The molecule has 2 fully saturated rings. The van der Waals surface area contributed by atoms with Crippen LogP contribution in [0.2, 0.25) is 0 Å². The van der Waals surface area contributed by atoms with Gasteiger partial charge in [-0.1, -0.05) is 6.42 Å². The lowest BCUT2D eigenvalue weighted by Crippen LogP contribution is -2.34. The number of rotatable bonds is 3. The molecule has 1 aromatic heterocycles. The smallest absolute Gasteiger partial charge is 0.256 e. The van der Waals surface area contributed by atoms with E-state index < -0.39 is 5.82 Å². The van der Waals surface area contributed by atoms with Gasteiger partial charge < -0.3 is 10.6 Å². The molecular weight excluding hydrogens is 257 g/mol. The van der Waals surface area contributed by atoms with Crippen LogP contribution in [0.4, 0.5) is 10.2 Å². The molecule has 2 aliphatic rings. The number of aromatic nitrogens is 1. The highest BCUT2D eigenvalue weighted by Gasteiger charge is 2.40. The lowest BCUT2D eigenvalue weighted by atomic mass is 9.88. The molecule has 20 heavy (non-hydrogen) atoms. The topological polar surface area (TPSA) is 59.2 Å². The molecule has 0 spiro atoms. The van der Waals surface area contributed by atoms with E-state index in [1.165, 1.54) is 37.9 Å². The first-order chi connectivity index (χ1) is 9.56. The number of nitrogen functional groups attached to an aromatic ring is 1. The van der Waals surface area contributed by atoms with Crippen molar-refractivity contribution in [1.82, 2.24) is 9.88 Å². The van der Waals surface area contributed by atoms with Gasteiger partial charge in [-0.25, -0.2) is 9.37 Å². The number of amides is 1. The Balaban J connectivity index is 1.69. The Hall–Kier alpha value is -1.65. The first-order valence-electron chi connectivity index (χ1n) is 7.21. The van der Waals surface area contributed by atoms with E-state index in [0.29, 0.717) is 12.5 Å². The van der Waals surface area contributed by atoms with Crippen molar-refractivity contribution in [3.63, 3.8) is 0 Å². The van der Waals surface area contributed by atoms with Gasteiger partial charge in [0.15, 0.2) is 11.6 Å². The van der Waals surface area contributed by atoms with Crippen molar-refractivity contribution in [3.05, 3.63) is 23.6 Å². The van der Waals surface area contributed by atoms with Gasteiger partial charge in [0.2, 0.25) is 0 Å². The quantitative estimate of drug-likeness (QED) is 0.922. The summed E-state index contributed by atoms with van der Waals surface area (Å²) in [6.07, 6.45) is 6.52. The Morgan fingerprint density at radius 3 is 2.95 bits per heavy atom. The molecule has 1 aromatic rings. The van der Waals surface area contributed by atoms with Gasteiger partial charge in [-0.2, -0.15) is 0 Å². The van der Waals surface area contributed by atoms with Gasteiger partial charge in [-0.05, 0) is 43.1 Å². The average molecular weight is 277 g/mol. The lowest BCUT2D eigenvalue weighted by Gasteiger charge is -2.27. The Morgan fingerprint density at radius 2 is 2.30 bits per heavy atom. The van der Waals surface area contributed by atoms with E-state index in [0.717, 1.165) is 11.8 Å². The number of hydrogen-bond acceptors (Lipinski definition) is 3. The van der Waals surface area contributed by atoms with E-state index in [4.69, 9.17) is 5.73 Å². The van der Waals surface area contributed by atoms with Gasteiger partial charge >= 0.3 is 0 Å². The zero-order valence-electron chi connectivity index (χ0n) is 11.7. The van der Waals surface area contributed by atoms with E-state index >= 15 is 0 Å². The maximum atomic E-state index is 13.8. The number of carbonyl (C=O) groups excluding carboxylic acids is 1. The summed E-state index contributed by atoms with van der Waals surface area (Å²) < 4.78 is 13.8. The van der Waals surface area contributed by atoms with Crippen LogP contribution in [0.3, 0.4) is 0 Å². The second-order valence-corrected chi connectivity index (χ2v) is 6.18. The third kappa shape index (κ3) is 2.25. The first-order valence-corrected chi connectivity index (χ1v) is 7.21. The first kappa shape index (κ1) is 13.3. The SMILES string of the molecule is CN(CC1CC2CCC1C2)C(=O)c1ccnc(N)c1F. The average Bonchev–Trinajstić information content (AvgIpc) is 3.03. The summed E-state index contributed by atoms with van der Waals surface area (Å²) in [4.78, 5) is 17.6. The number of carbonyl (C=O) groups is 1. The number of pyridine rings is 1. The second-order valence-electron chi connectivity index (χ2n) is 6.18. The Labute approximate surface area is 118 Å². The van der Waals surface area contributed by atoms with Crippen LogP contribution in [-0.4, -0.2) is 29.4 Å². The highest BCUT2D eigenvalue weighted by Crippen LogP contribution is 2.48. The molecule has 2 bridgehead atoms. The molecule has 5 heteroatoms. The summed E-state index contributed by atoms with van der Waals surface area (Å²) >= 11 is 0. The predicted octanol–water partition coefficient (Wildman–Crippen LogP) is 2.31. The molecule has 1 heterocycles. The highest BCUT2D eigenvalue weighted by molar-refractivity contribution is 5.94. The minimum atomic E-state index is -0.711. The zero-order chi connectivity index (χ0) is 14.3. The maximum Gasteiger partial charge on any atom is 0.256 e. The van der Waals surface area contributed by atoms with Gasteiger partial charge in [0, 0.05) is 19.8 Å². The van der Waals surface area contributed by atoms with Crippen molar-refractivity contribution in [2.45, 2.75) is 25.7 Å². The van der Waals surface area contributed by atoms with E-state index in [1.54, 1.807) is 11.9 Å². The predicted molar refractivity (Wildman–Crippen MR) is 74.5 cm³/mol. The van der Waals surface area contributed by atoms with Crippen LogP contribution in [-0.2, 0) is 0 Å². The molecule has 3 unspecified atom stereocenters. The van der Waals surface area contributed by atoms with Crippen molar-refractivity contribution >= 4 is 11.7 Å². The minimum absolute atomic E-state index is 0.0168. The molecule has 2 N–H and O–H groups in total. The molecule has 0 aromatic carbocycles. The summed E-state index contributed by atoms with van der Waals surface area (Å²) in [5, 5.41) is 0. The number of nitrogens with zero attached hydrogens (tertiary/aromatic N) is 2. The summed E-state index contributed by atoms with van der Waals surface area (Å²) in [6, 6.07) is 1.39. The number of nitrogens with two attached hydrogens (primary N) is 1. The molecule has 0 radical (unpaired) electrons. The maximum absolute atomic E-state index is 13.8. The fourth-order valence-corrected chi connectivity index (χ4v) is 3.87. The van der Waals surface area contributed by atoms with E-state index in [9.17, 15) is 9.18 Å². The van der Waals surface area contributed by atoms with Crippen LogP contribution in [0.1, 0.15) is 36.0 Å². The third-order valence-electron chi connectivity index (χ3n) is 4.89. The summed E-state index contributed by atoms with van der Waals surface area (Å²) in [5.74, 6) is 0.940. The van der Waals surface area contributed by atoms with Gasteiger partial charge in [0.25, 0.3) is 5.91 Å². The van der Waals surface area contributed by atoms with Crippen molar-refractivity contribution in [3.8, 4) is 0 Å². The third-order valence-corrected chi connectivity index (χ3v) is 4.89. The van der Waals surface area contributed by atoms with Crippen molar-refractivity contribution in [2.75, 3.05) is 19.3 Å². The standard InChI is InChI=1S/C15H20FN3O/c1-19(8-11-7-9-2-3-10(11)6-9)15(20)12-4-5-18-14(17)13(12)16/h4-5,9-11H,2-3,6-8H2,1H3,(H2,17,18). The number of hydrogen-bond donors (Lipinski definition) is 1. The van der Waals surface area contributed by atoms with Crippen LogP contribution in [0.25, 0.3) is 0 Å². The Kier molecular flexibility index (Phi) is 3.36. The largest absolute Gasteiger partial charge is 0.381 e. The molecular formula is C15H20FN3O. The normalized spacial score (nSPS) is 27.8. The van der Waals surface area contributed by atoms with Crippen LogP contribution >= 0.6 is 0 Å². The summed E-state index contributed by atoms with van der Waals surface area (Å²) in [7, 11) is 1.74. The van der Waals surface area contributed by atoms with Gasteiger partial charge in [-0.15, -0.1) is 0 Å². The Bertz CT molecular complexity index is 534. The molecule has 4 nitrogen and oxygen atoms in total. The molecule has 3 atom stereocenters. The van der Waals surface area contributed by atoms with Crippen molar-refractivity contribution in [1.29, 1.82) is 0 Å². The lowest BCUT2D eigenvalue weighted by molar-refractivity contribution is 0.0749. The van der Waals surface area contributed by atoms with Crippen LogP contribution in [0.5, 0.6) is 0 Å². The van der Waals surface area contributed by atoms with E-state index in [2.05, 4.69) is 4.98 Å².